The Hall–Kier alpha value is -4.24. The maximum Gasteiger partial charge on any atom is 0.338 e. The quantitative estimate of drug-likeness (QED) is 0.372. The van der Waals surface area contributed by atoms with Gasteiger partial charge in [-0.1, -0.05) is 54.3 Å². The van der Waals surface area contributed by atoms with Gasteiger partial charge in [0.1, 0.15) is 16.9 Å². The van der Waals surface area contributed by atoms with E-state index in [2.05, 4.69) is 11.6 Å². The number of methoxy groups -OCH3 is 1. The summed E-state index contributed by atoms with van der Waals surface area (Å²) < 4.78 is 12.4. The number of thiazole rings is 1. The fourth-order valence-corrected chi connectivity index (χ4v) is 5.90. The van der Waals surface area contributed by atoms with Crippen LogP contribution in [0, 0.1) is 0 Å². The van der Waals surface area contributed by atoms with Gasteiger partial charge in [0.15, 0.2) is 4.80 Å². The Morgan fingerprint density at radius 3 is 2.57 bits per heavy atom. The zero-order valence-corrected chi connectivity index (χ0v) is 21.5. The standard InChI is InChI=1S/C28H25N3O5S/c1-5-15-36-27(34)21-16(3)29-28-31(23(21)17-11-13-18(35-4)14-12-17)26(33)24(37-28)22-19-9-7-8-10-20(19)30(6-2)25(22)32/h5,7-14,23H,1,6,15H2,2-4H3/b24-22-/t23-/m0/s1. The molecular weight excluding hydrogens is 490 g/mol. The SMILES string of the molecule is C=CCOC(=O)C1=C(C)N=c2s/c(=C3\C(=O)N(CC)c4ccccc43)c(=O)n2[C@H]1c1ccc(OC)cc1. The largest absolute Gasteiger partial charge is 0.497 e. The number of hydrogen-bond donors (Lipinski definition) is 0. The average molecular weight is 516 g/mol. The molecular formula is C28H25N3O5S. The lowest BCUT2D eigenvalue weighted by molar-refractivity contribution is -0.138. The molecule has 5 rings (SSSR count). The molecule has 37 heavy (non-hydrogen) atoms. The molecule has 0 fully saturated rings. The van der Waals surface area contributed by atoms with Crippen LogP contribution in [-0.4, -0.2) is 36.7 Å². The summed E-state index contributed by atoms with van der Waals surface area (Å²) in [5.41, 5.74) is 2.83. The number of nitrogens with zero attached hydrogens (tertiary/aromatic N) is 3. The van der Waals surface area contributed by atoms with Crippen molar-refractivity contribution < 1.29 is 19.1 Å². The molecule has 0 unspecified atom stereocenters. The second kappa shape index (κ2) is 9.67. The van der Waals surface area contributed by atoms with Crippen molar-refractivity contribution in [2.24, 2.45) is 4.99 Å². The predicted molar refractivity (Wildman–Crippen MR) is 141 cm³/mol. The topological polar surface area (TPSA) is 90.2 Å². The van der Waals surface area contributed by atoms with Crippen LogP contribution in [0.15, 0.2) is 82.2 Å². The summed E-state index contributed by atoms with van der Waals surface area (Å²) in [7, 11) is 1.57. The van der Waals surface area contributed by atoms with Gasteiger partial charge in [0.25, 0.3) is 11.5 Å². The molecule has 0 radical (unpaired) electrons. The molecule has 2 aliphatic rings. The molecule has 0 bridgehead atoms. The molecule has 1 aromatic heterocycles. The average Bonchev–Trinajstić information content (AvgIpc) is 3.38. The van der Waals surface area contributed by atoms with E-state index in [0.29, 0.717) is 44.0 Å². The van der Waals surface area contributed by atoms with E-state index in [0.717, 1.165) is 17.0 Å². The Balaban J connectivity index is 1.79. The normalized spacial score (nSPS) is 17.8. The number of esters is 1. The first kappa shape index (κ1) is 24.5. The molecule has 0 saturated heterocycles. The van der Waals surface area contributed by atoms with Crippen molar-refractivity contribution in [2.45, 2.75) is 19.9 Å². The Bertz CT molecular complexity index is 1650. The number of allylic oxidation sites excluding steroid dienone is 1. The highest BCUT2D eigenvalue weighted by Gasteiger charge is 2.36. The molecule has 0 spiro atoms. The van der Waals surface area contributed by atoms with Crippen molar-refractivity contribution in [1.29, 1.82) is 0 Å². The fraction of sp³-hybridized carbons (Fsp3) is 0.214. The fourth-order valence-electron chi connectivity index (χ4n) is 4.76. The zero-order valence-electron chi connectivity index (χ0n) is 20.7. The molecule has 0 saturated carbocycles. The smallest absolute Gasteiger partial charge is 0.338 e. The van der Waals surface area contributed by atoms with Crippen LogP contribution >= 0.6 is 11.3 Å². The first-order valence-corrected chi connectivity index (χ1v) is 12.6. The number of benzene rings is 2. The van der Waals surface area contributed by atoms with E-state index in [1.807, 2.05) is 31.2 Å². The summed E-state index contributed by atoms with van der Waals surface area (Å²) in [6.07, 6.45) is 1.48. The third-order valence-electron chi connectivity index (χ3n) is 6.45. The molecule has 0 N–H and O–H groups in total. The van der Waals surface area contributed by atoms with E-state index >= 15 is 0 Å². The van der Waals surface area contributed by atoms with Crippen LogP contribution in [0.25, 0.3) is 5.57 Å². The highest BCUT2D eigenvalue weighted by atomic mass is 32.1. The molecule has 3 heterocycles. The Kier molecular flexibility index (Phi) is 6.39. The van der Waals surface area contributed by atoms with Crippen LogP contribution < -0.4 is 24.5 Å². The van der Waals surface area contributed by atoms with E-state index in [1.165, 1.54) is 10.6 Å². The Morgan fingerprint density at radius 1 is 1.16 bits per heavy atom. The maximum absolute atomic E-state index is 14.1. The van der Waals surface area contributed by atoms with Gasteiger partial charge >= 0.3 is 5.97 Å². The number of amides is 1. The van der Waals surface area contributed by atoms with Crippen molar-refractivity contribution in [3.05, 3.63) is 103 Å². The van der Waals surface area contributed by atoms with Gasteiger partial charge in [-0.2, -0.15) is 0 Å². The molecule has 2 aliphatic heterocycles. The number of likely N-dealkylation sites (N-methyl/N-ethyl adjacent to an activating group) is 1. The van der Waals surface area contributed by atoms with Crippen molar-refractivity contribution >= 4 is 34.5 Å². The van der Waals surface area contributed by atoms with E-state index < -0.39 is 12.0 Å². The van der Waals surface area contributed by atoms with Crippen molar-refractivity contribution in [3.8, 4) is 5.75 Å². The van der Waals surface area contributed by atoms with Crippen molar-refractivity contribution in [3.63, 3.8) is 0 Å². The second-order valence-electron chi connectivity index (χ2n) is 8.50. The van der Waals surface area contributed by atoms with Gasteiger partial charge in [-0.25, -0.2) is 9.79 Å². The zero-order chi connectivity index (χ0) is 26.3. The molecule has 1 amide bonds. The minimum absolute atomic E-state index is 0.0254. The summed E-state index contributed by atoms with van der Waals surface area (Å²) in [5, 5.41) is 0. The second-order valence-corrected chi connectivity index (χ2v) is 9.48. The molecule has 1 atom stereocenters. The van der Waals surface area contributed by atoms with Gasteiger partial charge in [0.2, 0.25) is 0 Å². The minimum atomic E-state index is -0.789. The molecule has 3 aromatic rings. The van der Waals surface area contributed by atoms with Crippen LogP contribution in [-0.2, 0) is 14.3 Å². The van der Waals surface area contributed by atoms with Crippen LogP contribution in [0.5, 0.6) is 5.75 Å². The van der Waals surface area contributed by atoms with Gasteiger partial charge in [-0.15, -0.1) is 0 Å². The number of fused-ring (bicyclic) bond motifs is 2. The maximum atomic E-state index is 14.1. The van der Waals surface area contributed by atoms with Crippen molar-refractivity contribution in [1.82, 2.24) is 4.57 Å². The molecule has 9 heteroatoms. The van der Waals surface area contributed by atoms with Gasteiger partial charge in [-0.05, 0) is 37.6 Å². The molecule has 8 nitrogen and oxygen atoms in total. The number of hydrogen-bond acceptors (Lipinski definition) is 7. The summed E-state index contributed by atoms with van der Waals surface area (Å²) in [5.74, 6) is -0.168. The van der Waals surface area contributed by atoms with E-state index in [-0.39, 0.29) is 23.6 Å². The van der Waals surface area contributed by atoms with Crippen LogP contribution in [0.2, 0.25) is 0 Å². The lowest BCUT2D eigenvalue weighted by atomic mass is 9.96. The van der Waals surface area contributed by atoms with Crippen LogP contribution in [0.4, 0.5) is 5.69 Å². The summed E-state index contributed by atoms with van der Waals surface area (Å²) >= 11 is 1.15. The monoisotopic (exact) mass is 515 g/mol. The Morgan fingerprint density at radius 2 is 1.89 bits per heavy atom. The Labute approximate surface area is 217 Å². The summed E-state index contributed by atoms with van der Waals surface area (Å²) in [4.78, 5) is 47.3. The lowest BCUT2D eigenvalue weighted by Gasteiger charge is -2.24. The highest BCUT2D eigenvalue weighted by Crippen LogP contribution is 2.35. The number of aromatic nitrogens is 1. The number of para-hydroxylation sites is 1. The van der Waals surface area contributed by atoms with E-state index in [1.54, 1.807) is 43.2 Å². The highest BCUT2D eigenvalue weighted by molar-refractivity contribution is 7.07. The minimum Gasteiger partial charge on any atom is -0.497 e. The number of rotatable bonds is 6. The first-order chi connectivity index (χ1) is 17.9. The lowest BCUT2D eigenvalue weighted by Crippen LogP contribution is -2.41. The van der Waals surface area contributed by atoms with Crippen molar-refractivity contribution in [2.75, 3.05) is 25.2 Å². The van der Waals surface area contributed by atoms with Gasteiger partial charge in [-0.3, -0.25) is 14.2 Å². The number of anilines is 1. The number of carbonyl (C=O) groups excluding carboxylic acids is 2. The summed E-state index contributed by atoms with van der Waals surface area (Å²) in [6.45, 7) is 7.72. The molecule has 0 aliphatic carbocycles. The third-order valence-corrected chi connectivity index (χ3v) is 7.50. The number of ether oxygens (including phenoxy) is 2. The molecule has 2 aromatic carbocycles. The van der Waals surface area contributed by atoms with Gasteiger partial charge < -0.3 is 14.4 Å². The number of carbonyl (C=O) groups is 2. The van der Waals surface area contributed by atoms with E-state index in [4.69, 9.17) is 9.47 Å². The van der Waals surface area contributed by atoms with Gasteiger partial charge in [0.05, 0.1) is 35.7 Å². The van der Waals surface area contributed by atoms with Crippen LogP contribution in [0.3, 0.4) is 0 Å². The predicted octanol–water partition coefficient (Wildman–Crippen LogP) is 2.71. The van der Waals surface area contributed by atoms with Gasteiger partial charge in [0, 0.05) is 12.1 Å². The summed E-state index contributed by atoms with van der Waals surface area (Å²) in [6, 6.07) is 13.8. The first-order valence-electron chi connectivity index (χ1n) is 11.8. The van der Waals surface area contributed by atoms with E-state index in [9.17, 15) is 14.4 Å². The third kappa shape index (κ3) is 3.92. The molecule has 188 valence electrons. The van der Waals surface area contributed by atoms with Crippen LogP contribution in [0.1, 0.15) is 31.0 Å².